The number of methoxy groups -OCH3 is 1. The molecular formula is C24H37N7O. The maximum Gasteiger partial charge on any atom is 0.198 e. The minimum Gasteiger partial charge on any atom is -0.496 e. The fourth-order valence-corrected chi connectivity index (χ4v) is 4.66. The van der Waals surface area contributed by atoms with E-state index in [-0.39, 0.29) is 6.17 Å². The lowest BCUT2D eigenvalue weighted by Gasteiger charge is -2.34. The molecule has 2 aromatic rings. The molecule has 1 saturated heterocycles. The maximum absolute atomic E-state index is 6.69. The van der Waals surface area contributed by atoms with Gasteiger partial charge in [-0.15, -0.1) is 0 Å². The number of rotatable bonds is 9. The van der Waals surface area contributed by atoms with Crippen molar-refractivity contribution in [3.05, 3.63) is 47.3 Å². The van der Waals surface area contributed by atoms with Crippen molar-refractivity contribution in [2.45, 2.75) is 45.4 Å². The molecule has 4 rings (SSSR count). The summed E-state index contributed by atoms with van der Waals surface area (Å²) in [5.74, 6) is 1.40. The lowest BCUT2D eigenvalue weighted by molar-refractivity contribution is 0.233. The molecule has 0 radical (unpaired) electrons. The van der Waals surface area contributed by atoms with Gasteiger partial charge in [0.25, 0.3) is 0 Å². The summed E-state index contributed by atoms with van der Waals surface area (Å²) in [6, 6.07) is 8.51. The van der Waals surface area contributed by atoms with Gasteiger partial charge in [0.15, 0.2) is 5.96 Å². The highest BCUT2D eigenvalue weighted by atomic mass is 16.5. The van der Waals surface area contributed by atoms with E-state index >= 15 is 0 Å². The van der Waals surface area contributed by atoms with E-state index in [0.717, 1.165) is 81.2 Å². The average molecular weight is 440 g/mol. The van der Waals surface area contributed by atoms with Crippen LogP contribution in [0.4, 0.5) is 5.69 Å². The van der Waals surface area contributed by atoms with Gasteiger partial charge >= 0.3 is 0 Å². The quantitative estimate of drug-likeness (QED) is 0.519. The summed E-state index contributed by atoms with van der Waals surface area (Å²) < 4.78 is 7.88. The van der Waals surface area contributed by atoms with Gasteiger partial charge in [-0.05, 0) is 30.2 Å². The number of hydrogen-bond acceptors (Lipinski definition) is 7. The summed E-state index contributed by atoms with van der Waals surface area (Å²) in [5, 5.41) is 3.42. The first-order chi connectivity index (χ1) is 15.6. The number of guanidine groups is 1. The molecule has 0 spiro atoms. The molecule has 1 aromatic heterocycles. The molecule has 2 aliphatic rings. The topological polar surface area (TPSA) is 97.1 Å². The predicted molar refractivity (Wildman–Crippen MR) is 129 cm³/mol. The first-order valence-corrected chi connectivity index (χ1v) is 11.7. The Labute approximate surface area is 191 Å². The molecule has 0 bridgehead atoms. The first kappa shape index (κ1) is 22.6. The SMILES string of the molecule is CCCCCN1C(N)=Nc2ccn(Cc3cc(CN4CCNCC4)ccc3OC)c2C1N. The molecule has 1 atom stereocenters. The molecule has 1 unspecified atom stereocenters. The van der Waals surface area contributed by atoms with Gasteiger partial charge in [-0.2, -0.15) is 0 Å². The van der Waals surface area contributed by atoms with Crippen LogP contribution in [0.2, 0.25) is 0 Å². The van der Waals surface area contributed by atoms with Gasteiger partial charge in [-0.3, -0.25) is 4.90 Å². The normalized spacial score (nSPS) is 19.0. The third-order valence-corrected chi connectivity index (χ3v) is 6.43. The van der Waals surface area contributed by atoms with Gasteiger partial charge in [0.1, 0.15) is 11.9 Å². The standard InChI is InChI=1S/C24H37N7O/c1-3-4-5-11-31-23(25)22-20(28-24(31)26)8-12-30(22)17-19-15-18(6-7-21(19)32-2)16-29-13-9-27-10-14-29/h6-8,12,15,23,27H,3-5,9-11,13-14,16-17,25H2,1-2H3,(H2,26,28). The molecule has 5 N–H and O–H groups in total. The third-order valence-electron chi connectivity index (χ3n) is 6.43. The fourth-order valence-electron chi connectivity index (χ4n) is 4.66. The van der Waals surface area contributed by atoms with Gasteiger partial charge < -0.3 is 31.0 Å². The Hall–Kier alpha value is -2.55. The van der Waals surface area contributed by atoms with Crippen LogP contribution in [0.15, 0.2) is 35.5 Å². The van der Waals surface area contributed by atoms with Crippen molar-refractivity contribution in [1.82, 2.24) is 19.7 Å². The molecule has 0 saturated carbocycles. The van der Waals surface area contributed by atoms with Gasteiger partial charge in [0.2, 0.25) is 0 Å². The van der Waals surface area contributed by atoms with Crippen LogP contribution in [-0.2, 0) is 13.1 Å². The zero-order chi connectivity index (χ0) is 22.5. The minimum atomic E-state index is -0.301. The molecule has 8 nitrogen and oxygen atoms in total. The molecule has 1 fully saturated rings. The van der Waals surface area contributed by atoms with Crippen LogP contribution in [0.5, 0.6) is 5.75 Å². The van der Waals surface area contributed by atoms with Crippen molar-refractivity contribution >= 4 is 11.6 Å². The van der Waals surface area contributed by atoms with Crippen LogP contribution in [0.25, 0.3) is 0 Å². The van der Waals surface area contributed by atoms with Crippen molar-refractivity contribution in [1.29, 1.82) is 0 Å². The number of nitrogens with one attached hydrogen (secondary N) is 1. The molecular weight excluding hydrogens is 402 g/mol. The van der Waals surface area contributed by atoms with E-state index in [2.05, 4.69) is 51.1 Å². The van der Waals surface area contributed by atoms with Crippen LogP contribution < -0.4 is 21.5 Å². The number of nitrogens with zero attached hydrogens (tertiary/aromatic N) is 4. The molecule has 2 aliphatic heterocycles. The average Bonchev–Trinajstić information content (AvgIpc) is 3.19. The van der Waals surface area contributed by atoms with Gasteiger partial charge in [-0.25, -0.2) is 4.99 Å². The van der Waals surface area contributed by atoms with Crippen molar-refractivity contribution in [3.8, 4) is 5.75 Å². The van der Waals surface area contributed by atoms with E-state index in [1.54, 1.807) is 7.11 Å². The van der Waals surface area contributed by atoms with E-state index in [4.69, 9.17) is 16.2 Å². The summed E-state index contributed by atoms with van der Waals surface area (Å²) >= 11 is 0. The van der Waals surface area contributed by atoms with Crippen molar-refractivity contribution in [3.63, 3.8) is 0 Å². The van der Waals surface area contributed by atoms with E-state index < -0.39 is 0 Å². The Morgan fingerprint density at radius 1 is 1.16 bits per heavy atom. The number of aromatic nitrogens is 1. The molecule has 1 aromatic carbocycles. The number of ether oxygens (including phenoxy) is 1. The van der Waals surface area contributed by atoms with Crippen LogP contribution >= 0.6 is 0 Å². The number of fused-ring (bicyclic) bond motifs is 1. The number of hydrogen-bond donors (Lipinski definition) is 3. The Balaban J connectivity index is 1.55. The summed E-state index contributed by atoms with van der Waals surface area (Å²) in [5.41, 5.74) is 17.2. The summed E-state index contributed by atoms with van der Waals surface area (Å²) in [7, 11) is 1.73. The number of nitrogens with two attached hydrogens (primary N) is 2. The summed E-state index contributed by atoms with van der Waals surface area (Å²) in [4.78, 5) is 9.14. The van der Waals surface area contributed by atoms with Crippen molar-refractivity contribution in [2.24, 2.45) is 16.5 Å². The van der Waals surface area contributed by atoms with Gasteiger partial charge in [-0.1, -0.05) is 25.8 Å². The second kappa shape index (κ2) is 10.4. The van der Waals surface area contributed by atoms with E-state index in [1.165, 1.54) is 5.56 Å². The zero-order valence-electron chi connectivity index (χ0n) is 19.4. The molecule has 3 heterocycles. The van der Waals surface area contributed by atoms with E-state index in [0.29, 0.717) is 12.5 Å². The van der Waals surface area contributed by atoms with Gasteiger partial charge in [0, 0.05) is 51.0 Å². The molecule has 0 aliphatic carbocycles. The lowest BCUT2D eigenvalue weighted by Crippen LogP contribution is -2.46. The number of piperazine rings is 1. The number of unbranched alkanes of at least 4 members (excludes halogenated alkanes) is 2. The smallest absolute Gasteiger partial charge is 0.198 e. The molecule has 8 heteroatoms. The monoisotopic (exact) mass is 439 g/mol. The Bertz CT molecular complexity index is 932. The second-order valence-corrected chi connectivity index (χ2v) is 8.70. The van der Waals surface area contributed by atoms with Crippen LogP contribution in [0.1, 0.15) is 49.2 Å². The van der Waals surface area contributed by atoms with E-state index in [9.17, 15) is 0 Å². The lowest BCUT2D eigenvalue weighted by atomic mass is 10.1. The van der Waals surface area contributed by atoms with Gasteiger partial charge in [0.05, 0.1) is 25.0 Å². The summed E-state index contributed by atoms with van der Waals surface area (Å²) in [6.45, 7) is 8.90. The third kappa shape index (κ3) is 4.92. The highest BCUT2D eigenvalue weighted by molar-refractivity contribution is 5.84. The van der Waals surface area contributed by atoms with Crippen molar-refractivity contribution < 1.29 is 4.74 Å². The Morgan fingerprint density at radius 3 is 2.72 bits per heavy atom. The zero-order valence-corrected chi connectivity index (χ0v) is 19.4. The second-order valence-electron chi connectivity index (χ2n) is 8.70. The Kier molecular flexibility index (Phi) is 7.34. The van der Waals surface area contributed by atoms with E-state index in [1.807, 2.05) is 11.0 Å². The fraction of sp³-hybridized carbons (Fsp3) is 0.542. The molecule has 0 amide bonds. The van der Waals surface area contributed by atoms with Crippen LogP contribution in [-0.4, -0.2) is 60.2 Å². The molecule has 32 heavy (non-hydrogen) atoms. The summed E-state index contributed by atoms with van der Waals surface area (Å²) in [6.07, 6.45) is 5.12. The van der Waals surface area contributed by atoms with Crippen LogP contribution in [0, 0.1) is 0 Å². The number of aliphatic imine (C=N–C) groups is 1. The highest BCUT2D eigenvalue weighted by Crippen LogP contribution is 2.34. The highest BCUT2D eigenvalue weighted by Gasteiger charge is 2.28. The van der Waals surface area contributed by atoms with Crippen molar-refractivity contribution in [2.75, 3.05) is 39.8 Å². The van der Waals surface area contributed by atoms with Crippen LogP contribution in [0.3, 0.4) is 0 Å². The minimum absolute atomic E-state index is 0.301. The largest absolute Gasteiger partial charge is 0.496 e. The number of benzene rings is 1. The maximum atomic E-state index is 6.69. The molecule has 174 valence electrons. The first-order valence-electron chi connectivity index (χ1n) is 11.7. The Morgan fingerprint density at radius 2 is 1.97 bits per heavy atom. The predicted octanol–water partition coefficient (Wildman–Crippen LogP) is 2.36.